The Hall–Kier alpha value is -2.83. The van der Waals surface area contributed by atoms with E-state index in [4.69, 9.17) is 0 Å². The smallest absolute Gasteiger partial charge is 0.292 e. The minimum absolute atomic E-state index is 0.0871. The van der Waals surface area contributed by atoms with Crippen molar-refractivity contribution in [3.8, 4) is 0 Å². The SMILES string of the molecule is Cc1cnc(=O)n(CC(=O)c2ccc([N+](=O)[O-])cc2)c1. The lowest BCUT2D eigenvalue weighted by Crippen LogP contribution is -2.26. The number of nitro benzene ring substituents is 1. The zero-order valence-electron chi connectivity index (χ0n) is 10.6. The van der Waals surface area contributed by atoms with Gasteiger partial charge in [-0.25, -0.2) is 9.78 Å². The maximum Gasteiger partial charge on any atom is 0.347 e. The standard InChI is InChI=1S/C13H11N3O4/c1-9-6-14-13(18)15(7-9)8-12(17)10-2-4-11(5-3-10)16(19)20/h2-7H,8H2,1H3. The minimum Gasteiger partial charge on any atom is -0.292 e. The second-order valence-electron chi connectivity index (χ2n) is 4.27. The van der Waals surface area contributed by atoms with Crippen molar-refractivity contribution in [2.24, 2.45) is 0 Å². The molecule has 0 aliphatic rings. The molecule has 0 amide bonds. The van der Waals surface area contributed by atoms with E-state index in [9.17, 15) is 19.7 Å². The molecule has 20 heavy (non-hydrogen) atoms. The van der Waals surface area contributed by atoms with Gasteiger partial charge in [0.15, 0.2) is 5.78 Å². The van der Waals surface area contributed by atoms with Crippen LogP contribution in [-0.4, -0.2) is 20.3 Å². The third-order valence-corrected chi connectivity index (χ3v) is 2.70. The lowest BCUT2D eigenvalue weighted by Gasteiger charge is -2.05. The van der Waals surface area contributed by atoms with Gasteiger partial charge in [0.1, 0.15) is 0 Å². The average Bonchev–Trinajstić information content (AvgIpc) is 2.43. The molecule has 0 aliphatic carbocycles. The van der Waals surface area contributed by atoms with Gasteiger partial charge in [-0.2, -0.15) is 0 Å². The molecule has 0 N–H and O–H groups in total. The van der Waals surface area contributed by atoms with Crippen molar-refractivity contribution in [1.29, 1.82) is 0 Å². The van der Waals surface area contributed by atoms with E-state index >= 15 is 0 Å². The molecule has 0 saturated carbocycles. The fourth-order valence-corrected chi connectivity index (χ4v) is 1.69. The summed E-state index contributed by atoms with van der Waals surface area (Å²) in [7, 11) is 0. The van der Waals surface area contributed by atoms with Gasteiger partial charge in [-0.3, -0.25) is 19.5 Å². The highest BCUT2D eigenvalue weighted by Gasteiger charge is 2.11. The Balaban J connectivity index is 2.21. The van der Waals surface area contributed by atoms with Crippen LogP contribution in [0.3, 0.4) is 0 Å². The van der Waals surface area contributed by atoms with Crippen LogP contribution in [0, 0.1) is 17.0 Å². The Kier molecular flexibility index (Phi) is 3.69. The fourth-order valence-electron chi connectivity index (χ4n) is 1.69. The van der Waals surface area contributed by atoms with Gasteiger partial charge in [0, 0.05) is 30.1 Å². The number of rotatable bonds is 4. The van der Waals surface area contributed by atoms with Gasteiger partial charge >= 0.3 is 5.69 Å². The molecule has 0 bridgehead atoms. The molecule has 102 valence electrons. The summed E-state index contributed by atoms with van der Waals surface area (Å²) in [6, 6.07) is 5.25. The summed E-state index contributed by atoms with van der Waals surface area (Å²) >= 11 is 0. The van der Waals surface area contributed by atoms with E-state index in [1.165, 1.54) is 35.0 Å². The average molecular weight is 273 g/mol. The number of ketones is 1. The van der Waals surface area contributed by atoms with Crippen molar-refractivity contribution in [1.82, 2.24) is 9.55 Å². The number of hydrogen-bond donors (Lipinski definition) is 0. The Morgan fingerprint density at radius 3 is 2.60 bits per heavy atom. The van der Waals surface area contributed by atoms with Crippen molar-refractivity contribution in [2.75, 3.05) is 0 Å². The molecule has 7 nitrogen and oxygen atoms in total. The molecule has 0 radical (unpaired) electrons. The molecule has 1 aromatic carbocycles. The Morgan fingerprint density at radius 2 is 2.00 bits per heavy atom. The van der Waals surface area contributed by atoms with Crippen molar-refractivity contribution in [3.63, 3.8) is 0 Å². The summed E-state index contributed by atoms with van der Waals surface area (Å²) in [5.41, 5.74) is 0.479. The van der Waals surface area contributed by atoms with Gasteiger partial charge in [0.05, 0.1) is 11.5 Å². The first-order chi connectivity index (χ1) is 9.47. The normalized spacial score (nSPS) is 10.2. The Labute approximate surface area is 113 Å². The number of non-ortho nitro benzene ring substituents is 1. The lowest BCUT2D eigenvalue weighted by molar-refractivity contribution is -0.384. The summed E-state index contributed by atoms with van der Waals surface area (Å²) in [6.45, 7) is 1.62. The molecule has 2 aromatic rings. The third kappa shape index (κ3) is 2.94. The number of carbonyl (C=O) groups is 1. The largest absolute Gasteiger partial charge is 0.347 e. The van der Waals surface area contributed by atoms with Gasteiger partial charge in [-0.1, -0.05) is 0 Å². The van der Waals surface area contributed by atoms with Crippen molar-refractivity contribution in [2.45, 2.75) is 13.5 Å². The van der Waals surface area contributed by atoms with Crippen molar-refractivity contribution in [3.05, 3.63) is 68.4 Å². The number of nitrogens with zero attached hydrogens (tertiary/aromatic N) is 3. The Bertz CT molecular complexity index is 719. The van der Waals surface area contributed by atoms with E-state index in [1.807, 2.05) is 0 Å². The molecule has 0 saturated heterocycles. The molecule has 0 aliphatic heterocycles. The first kappa shape index (κ1) is 13.6. The first-order valence-electron chi connectivity index (χ1n) is 5.78. The summed E-state index contributed by atoms with van der Waals surface area (Å²) < 4.78 is 1.21. The van der Waals surface area contributed by atoms with Gasteiger partial charge in [0.25, 0.3) is 5.69 Å². The van der Waals surface area contributed by atoms with E-state index in [0.717, 1.165) is 5.56 Å². The Morgan fingerprint density at radius 1 is 1.35 bits per heavy atom. The molecular weight excluding hydrogens is 262 g/mol. The van der Waals surface area contributed by atoms with Crippen LogP contribution in [-0.2, 0) is 6.54 Å². The van der Waals surface area contributed by atoms with Gasteiger partial charge in [0.2, 0.25) is 0 Å². The predicted molar refractivity (Wildman–Crippen MR) is 70.7 cm³/mol. The van der Waals surface area contributed by atoms with Crippen LogP contribution >= 0.6 is 0 Å². The lowest BCUT2D eigenvalue weighted by atomic mass is 10.1. The number of nitro groups is 1. The molecule has 2 rings (SSSR count). The van der Waals surface area contributed by atoms with Crippen LogP contribution in [0.2, 0.25) is 0 Å². The molecule has 7 heteroatoms. The van der Waals surface area contributed by atoms with Crippen LogP contribution in [0.15, 0.2) is 41.5 Å². The van der Waals surface area contributed by atoms with E-state index in [-0.39, 0.29) is 18.0 Å². The number of benzene rings is 1. The van der Waals surface area contributed by atoms with E-state index in [2.05, 4.69) is 4.98 Å². The first-order valence-corrected chi connectivity index (χ1v) is 5.78. The molecule has 0 atom stereocenters. The zero-order chi connectivity index (χ0) is 14.7. The van der Waals surface area contributed by atoms with Crippen LogP contribution < -0.4 is 5.69 Å². The zero-order valence-corrected chi connectivity index (χ0v) is 10.6. The molecule has 1 heterocycles. The van der Waals surface area contributed by atoms with Crippen LogP contribution in [0.25, 0.3) is 0 Å². The van der Waals surface area contributed by atoms with Gasteiger partial charge < -0.3 is 0 Å². The second kappa shape index (κ2) is 5.43. The number of carbonyl (C=O) groups excluding carboxylic acids is 1. The summed E-state index contributed by atoms with van der Waals surface area (Å²) in [5.74, 6) is -0.311. The second-order valence-corrected chi connectivity index (χ2v) is 4.27. The van der Waals surface area contributed by atoms with E-state index < -0.39 is 10.6 Å². The minimum atomic E-state index is -0.538. The fraction of sp³-hybridized carbons (Fsp3) is 0.154. The van der Waals surface area contributed by atoms with Crippen molar-refractivity contribution >= 4 is 11.5 Å². The third-order valence-electron chi connectivity index (χ3n) is 2.70. The van der Waals surface area contributed by atoms with Gasteiger partial charge in [-0.15, -0.1) is 0 Å². The van der Waals surface area contributed by atoms with Crippen LogP contribution in [0.4, 0.5) is 5.69 Å². The number of aryl methyl sites for hydroxylation is 1. The maximum absolute atomic E-state index is 12.0. The number of hydrogen-bond acceptors (Lipinski definition) is 5. The van der Waals surface area contributed by atoms with Crippen LogP contribution in [0.1, 0.15) is 15.9 Å². The molecule has 0 fully saturated rings. The predicted octanol–water partition coefficient (Wildman–Crippen LogP) is 1.34. The maximum atomic E-state index is 12.0. The molecular formula is C13H11N3O4. The highest BCUT2D eigenvalue weighted by atomic mass is 16.6. The summed E-state index contributed by atoms with van der Waals surface area (Å²) in [6.07, 6.45) is 2.97. The van der Waals surface area contributed by atoms with Crippen LogP contribution in [0.5, 0.6) is 0 Å². The molecule has 0 spiro atoms. The summed E-state index contributed by atoms with van der Waals surface area (Å²) in [4.78, 5) is 37.1. The molecule has 1 aromatic heterocycles. The van der Waals surface area contributed by atoms with E-state index in [0.29, 0.717) is 5.56 Å². The highest BCUT2D eigenvalue weighted by molar-refractivity contribution is 5.96. The van der Waals surface area contributed by atoms with Gasteiger partial charge in [-0.05, 0) is 24.6 Å². The number of aromatic nitrogens is 2. The quantitative estimate of drug-likeness (QED) is 0.476. The monoisotopic (exact) mass is 273 g/mol. The van der Waals surface area contributed by atoms with E-state index in [1.54, 1.807) is 13.1 Å². The molecule has 0 unspecified atom stereocenters. The number of Topliss-reactive ketones (excluding diaryl/α,β-unsaturated/α-hetero) is 1. The summed E-state index contributed by atoms with van der Waals surface area (Å²) in [5, 5.41) is 10.5. The topological polar surface area (TPSA) is 95.1 Å². The van der Waals surface area contributed by atoms with Crippen molar-refractivity contribution < 1.29 is 9.72 Å². The highest BCUT2D eigenvalue weighted by Crippen LogP contribution is 2.12.